The second-order valence-electron chi connectivity index (χ2n) is 3.73. The molecule has 0 saturated heterocycles. The number of aliphatic hydroxyl groups excluding tert-OH is 1. The van der Waals surface area contributed by atoms with Gasteiger partial charge in [0.1, 0.15) is 6.10 Å². The number of nitrogens with one attached hydrogen (secondary N) is 1. The Kier molecular flexibility index (Phi) is 6.38. The lowest BCUT2D eigenvalue weighted by atomic mass is 10.0. The maximum atomic E-state index is 11.7. The fraction of sp³-hybridized carbons (Fsp3) is 0.385. The predicted molar refractivity (Wildman–Crippen MR) is 72.8 cm³/mol. The molecule has 1 aromatic rings. The normalized spacial score (nSPS) is 13.4. The Balaban J connectivity index is 2.87. The molecule has 104 valence electrons. The van der Waals surface area contributed by atoms with Crippen molar-refractivity contribution in [3.05, 3.63) is 29.8 Å². The first-order chi connectivity index (χ1) is 9.13. The minimum atomic E-state index is -1.14. The minimum Gasteiger partial charge on any atom is -0.464 e. The molecule has 1 aromatic carbocycles. The number of carbonyl (C=O) groups excluding carboxylic acids is 2. The smallest absolute Gasteiger partial charge is 0.331 e. The van der Waals surface area contributed by atoms with Crippen molar-refractivity contribution in [2.45, 2.75) is 24.0 Å². The molecule has 0 aliphatic rings. The maximum absolute atomic E-state index is 11.7. The summed E-state index contributed by atoms with van der Waals surface area (Å²) in [6.45, 7) is 1.85. The largest absolute Gasteiger partial charge is 0.464 e. The first-order valence-corrected chi connectivity index (χ1v) is 7.04. The molecule has 0 radical (unpaired) electrons. The molecule has 0 fully saturated rings. The van der Waals surface area contributed by atoms with Crippen LogP contribution in [0.15, 0.2) is 29.2 Å². The first kappa shape index (κ1) is 15.5. The summed E-state index contributed by atoms with van der Waals surface area (Å²) >= 11 is 1.58. The van der Waals surface area contributed by atoms with Crippen LogP contribution in [0.2, 0.25) is 0 Å². The molecule has 0 aliphatic heterocycles. The maximum Gasteiger partial charge on any atom is 0.331 e. The summed E-state index contributed by atoms with van der Waals surface area (Å²) in [6.07, 6.45) is 1.18. The number of ether oxygens (including phenoxy) is 1. The van der Waals surface area contributed by atoms with Crippen LogP contribution in [0.5, 0.6) is 0 Å². The van der Waals surface area contributed by atoms with E-state index in [0.29, 0.717) is 12.0 Å². The minimum absolute atomic E-state index is 0.188. The van der Waals surface area contributed by atoms with E-state index in [9.17, 15) is 14.7 Å². The molecule has 1 rings (SSSR count). The summed E-state index contributed by atoms with van der Waals surface area (Å²) in [4.78, 5) is 23.2. The Bertz CT molecular complexity index is 421. The molecular formula is C13H17NO4S. The van der Waals surface area contributed by atoms with Gasteiger partial charge in [-0.05, 0) is 30.9 Å². The highest BCUT2D eigenvalue weighted by atomic mass is 32.2. The number of hydrogen-bond donors (Lipinski definition) is 2. The number of hydrogen-bond acceptors (Lipinski definition) is 5. The van der Waals surface area contributed by atoms with E-state index in [1.807, 2.05) is 18.4 Å². The van der Waals surface area contributed by atoms with Crippen LogP contribution < -0.4 is 5.32 Å². The van der Waals surface area contributed by atoms with Crippen LogP contribution in [-0.2, 0) is 14.3 Å². The summed E-state index contributed by atoms with van der Waals surface area (Å²) < 4.78 is 4.82. The highest BCUT2D eigenvalue weighted by molar-refractivity contribution is 7.98. The number of esters is 1. The van der Waals surface area contributed by atoms with Crippen molar-refractivity contribution in [1.29, 1.82) is 0 Å². The molecule has 19 heavy (non-hydrogen) atoms. The summed E-state index contributed by atoms with van der Waals surface area (Å²) in [5.41, 5.74) is 0.546. The van der Waals surface area contributed by atoms with Crippen LogP contribution in [0, 0.1) is 0 Å². The van der Waals surface area contributed by atoms with Crippen LogP contribution >= 0.6 is 11.8 Å². The number of aliphatic hydroxyl groups is 1. The summed E-state index contributed by atoms with van der Waals surface area (Å²) in [6, 6.07) is 6.01. The molecule has 0 aliphatic carbocycles. The molecule has 0 unspecified atom stereocenters. The van der Waals surface area contributed by atoms with Gasteiger partial charge < -0.3 is 15.2 Å². The van der Waals surface area contributed by atoms with Crippen LogP contribution in [0.25, 0.3) is 0 Å². The van der Waals surface area contributed by atoms with Gasteiger partial charge in [0, 0.05) is 4.90 Å². The van der Waals surface area contributed by atoms with E-state index in [1.165, 1.54) is 0 Å². The first-order valence-electron chi connectivity index (χ1n) is 5.82. The molecule has 6 heteroatoms. The van der Waals surface area contributed by atoms with Crippen LogP contribution in [0.4, 0.5) is 0 Å². The number of thioether (sulfide) groups is 1. The lowest BCUT2D eigenvalue weighted by Gasteiger charge is -2.21. The van der Waals surface area contributed by atoms with Crippen molar-refractivity contribution < 1.29 is 19.4 Å². The van der Waals surface area contributed by atoms with E-state index in [2.05, 4.69) is 5.32 Å². The molecular weight excluding hydrogens is 266 g/mol. The van der Waals surface area contributed by atoms with Crippen molar-refractivity contribution in [1.82, 2.24) is 5.32 Å². The van der Waals surface area contributed by atoms with Gasteiger partial charge in [-0.3, -0.25) is 4.79 Å². The van der Waals surface area contributed by atoms with E-state index in [-0.39, 0.29) is 6.61 Å². The van der Waals surface area contributed by atoms with Crippen molar-refractivity contribution in [2.24, 2.45) is 0 Å². The van der Waals surface area contributed by atoms with Crippen LogP contribution in [-0.4, -0.2) is 36.4 Å². The van der Waals surface area contributed by atoms with E-state index in [0.717, 1.165) is 4.90 Å². The summed E-state index contributed by atoms with van der Waals surface area (Å²) in [5, 5.41) is 12.4. The third-order valence-corrected chi connectivity index (χ3v) is 3.30. The van der Waals surface area contributed by atoms with Crippen LogP contribution in [0.1, 0.15) is 18.6 Å². The number of benzene rings is 1. The Morgan fingerprint density at radius 3 is 2.58 bits per heavy atom. The van der Waals surface area contributed by atoms with Gasteiger partial charge in [0.25, 0.3) is 0 Å². The lowest BCUT2D eigenvalue weighted by Crippen LogP contribution is -2.42. The molecule has 0 saturated carbocycles. The van der Waals surface area contributed by atoms with Gasteiger partial charge in [-0.1, -0.05) is 12.1 Å². The average Bonchev–Trinajstić information content (AvgIpc) is 2.44. The van der Waals surface area contributed by atoms with Gasteiger partial charge in [-0.2, -0.15) is 0 Å². The Hall–Kier alpha value is -1.53. The molecule has 0 heterocycles. The van der Waals surface area contributed by atoms with Crippen LogP contribution in [0.3, 0.4) is 0 Å². The number of rotatable bonds is 7. The fourth-order valence-corrected chi connectivity index (χ4v) is 2.00. The highest BCUT2D eigenvalue weighted by Gasteiger charge is 2.28. The zero-order chi connectivity index (χ0) is 14.3. The van der Waals surface area contributed by atoms with Gasteiger partial charge in [0.15, 0.2) is 6.04 Å². The standard InChI is InChI=1S/C13H17NO4S/c1-3-18-13(17)11(14-8-15)12(16)9-4-6-10(19-2)7-5-9/h4-8,11-12,16H,3H2,1-2H3,(H,14,15)/t11-,12+/m0/s1. The summed E-state index contributed by atoms with van der Waals surface area (Å²) in [5.74, 6) is -0.656. The Morgan fingerprint density at radius 2 is 2.11 bits per heavy atom. The Labute approximate surface area is 116 Å². The highest BCUT2D eigenvalue weighted by Crippen LogP contribution is 2.21. The molecule has 0 spiro atoms. The molecule has 2 N–H and O–H groups in total. The second kappa shape index (κ2) is 7.81. The molecule has 0 aromatic heterocycles. The molecule has 2 atom stereocenters. The van der Waals surface area contributed by atoms with E-state index < -0.39 is 18.1 Å². The topological polar surface area (TPSA) is 75.6 Å². The quantitative estimate of drug-likeness (QED) is 0.445. The van der Waals surface area contributed by atoms with Crippen molar-refractivity contribution in [3.8, 4) is 0 Å². The zero-order valence-corrected chi connectivity index (χ0v) is 11.6. The zero-order valence-electron chi connectivity index (χ0n) is 10.8. The molecule has 0 bridgehead atoms. The van der Waals surface area contributed by atoms with E-state index in [1.54, 1.807) is 30.8 Å². The monoisotopic (exact) mass is 283 g/mol. The van der Waals surface area contributed by atoms with Crippen molar-refractivity contribution in [3.63, 3.8) is 0 Å². The van der Waals surface area contributed by atoms with Gasteiger partial charge in [0.05, 0.1) is 6.61 Å². The van der Waals surface area contributed by atoms with E-state index in [4.69, 9.17) is 4.74 Å². The van der Waals surface area contributed by atoms with Gasteiger partial charge >= 0.3 is 5.97 Å². The van der Waals surface area contributed by atoms with E-state index >= 15 is 0 Å². The van der Waals surface area contributed by atoms with Crippen molar-refractivity contribution >= 4 is 24.1 Å². The third-order valence-electron chi connectivity index (χ3n) is 2.56. The summed E-state index contributed by atoms with van der Waals surface area (Å²) in [7, 11) is 0. The SMILES string of the molecule is CCOC(=O)[C@@H](NC=O)[C@H](O)c1ccc(SC)cc1. The fourth-order valence-electron chi connectivity index (χ4n) is 1.59. The van der Waals surface area contributed by atoms with Crippen molar-refractivity contribution in [2.75, 3.05) is 12.9 Å². The van der Waals surface area contributed by atoms with Gasteiger partial charge in [-0.25, -0.2) is 4.79 Å². The van der Waals surface area contributed by atoms with Gasteiger partial charge in [-0.15, -0.1) is 11.8 Å². The van der Waals surface area contributed by atoms with Gasteiger partial charge in [0.2, 0.25) is 6.41 Å². The third kappa shape index (κ3) is 4.25. The number of amides is 1. The average molecular weight is 283 g/mol. The molecule has 1 amide bonds. The second-order valence-corrected chi connectivity index (χ2v) is 4.61. The number of carbonyl (C=O) groups is 2. The predicted octanol–water partition coefficient (Wildman–Crippen LogP) is 1.12. The Morgan fingerprint density at radius 1 is 1.47 bits per heavy atom. The molecule has 5 nitrogen and oxygen atoms in total. The lowest BCUT2D eigenvalue weighted by molar-refractivity contribution is -0.149.